The van der Waals surface area contributed by atoms with Crippen LogP contribution >= 0.6 is 11.8 Å². The van der Waals surface area contributed by atoms with Crippen LogP contribution in [-0.4, -0.2) is 6.54 Å². The summed E-state index contributed by atoms with van der Waals surface area (Å²) < 4.78 is 0. The number of unbranched alkanes of at least 4 members (excludes halogenated alkanes) is 3. The fourth-order valence-corrected chi connectivity index (χ4v) is 4.30. The smallest absolute Gasteiger partial charge is 0.0553 e. The Morgan fingerprint density at radius 1 is 0.875 bits per heavy atom. The molecule has 0 spiro atoms. The van der Waals surface area contributed by atoms with E-state index in [0.717, 1.165) is 6.54 Å². The minimum Gasteiger partial charge on any atom is -0.340 e. The van der Waals surface area contributed by atoms with Gasteiger partial charge in [-0.1, -0.05) is 75.4 Å². The molecular formula is C22H25NS. The Bertz CT molecular complexity index is 690. The summed E-state index contributed by atoms with van der Waals surface area (Å²) in [5.41, 5.74) is 4.99. The monoisotopic (exact) mass is 335 g/mol. The standard InChI is InChI=1S/C22H25NS/c1-4-7-8-9-14-23-19-12-10-17(5-2)15-21(19)24-22-16-18(6-3)11-13-20(22)23/h5-6,10-13,15-16H,2-4,7-9,14H2,1H3. The van der Waals surface area contributed by atoms with Gasteiger partial charge in [0.25, 0.3) is 0 Å². The molecule has 1 aliphatic heterocycles. The summed E-state index contributed by atoms with van der Waals surface area (Å²) in [6.45, 7) is 11.1. The van der Waals surface area contributed by atoms with E-state index in [4.69, 9.17) is 0 Å². The molecular weight excluding hydrogens is 310 g/mol. The van der Waals surface area contributed by atoms with Crippen LogP contribution in [0.1, 0.15) is 43.7 Å². The second-order valence-electron chi connectivity index (χ2n) is 6.18. The van der Waals surface area contributed by atoms with E-state index in [1.165, 1.54) is 58.0 Å². The Kier molecular flexibility index (Phi) is 5.47. The lowest BCUT2D eigenvalue weighted by molar-refractivity contribution is 0.665. The van der Waals surface area contributed by atoms with Crippen LogP contribution in [0.25, 0.3) is 12.2 Å². The van der Waals surface area contributed by atoms with E-state index in [-0.39, 0.29) is 0 Å². The van der Waals surface area contributed by atoms with Crippen molar-refractivity contribution in [1.82, 2.24) is 0 Å². The van der Waals surface area contributed by atoms with Crippen molar-refractivity contribution in [2.45, 2.75) is 42.4 Å². The molecule has 2 aromatic carbocycles. The van der Waals surface area contributed by atoms with Gasteiger partial charge in [-0.15, -0.1) is 0 Å². The van der Waals surface area contributed by atoms with E-state index >= 15 is 0 Å². The van der Waals surface area contributed by atoms with Crippen LogP contribution in [0, 0.1) is 0 Å². The van der Waals surface area contributed by atoms with Gasteiger partial charge >= 0.3 is 0 Å². The van der Waals surface area contributed by atoms with Crippen LogP contribution in [0.2, 0.25) is 0 Å². The van der Waals surface area contributed by atoms with Gasteiger partial charge in [-0.2, -0.15) is 0 Å². The Morgan fingerprint density at radius 2 is 1.46 bits per heavy atom. The average molecular weight is 336 g/mol. The fraction of sp³-hybridized carbons (Fsp3) is 0.273. The molecule has 0 fully saturated rings. The molecule has 1 heterocycles. The number of rotatable bonds is 7. The van der Waals surface area contributed by atoms with Crippen LogP contribution in [0.3, 0.4) is 0 Å². The Hall–Kier alpha value is -1.93. The summed E-state index contributed by atoms with van der Waals surface area (Å²) in [4.78, 5) is 5.12. The molecule has 0 radical (unpaired) electrons. The van der Waals surface area contributed by atoms with E-state index < -0.39 is 0 Å². The van der Waals surface area contributed by atoms with Crippen molar-refractivity contribution >= 4 is 35.3 Å². The first-order valence-corrected chi connectivity index (χ1v) is 9.57. The maximum atomic E-state index is 3.90. The summed E-state index contributed by atoms with van der Waals surface area (Å²) >= 11 is 1.85. The van der Waals surface area contributed by atoms with Gasteiger partial charge in [0.15, 0.2) is 0 Å². The fourth-order valence-electron chi connectivity index (χ4n) is 3.11. The molecule has 0 aromatic heterocycles. The molecule has 0 aliphatic carbocycles. The van der Waals surface area contributed by atoms with Crippen LogP contribution in [0.15, 0.2) is 59.3 Å². The van der Waals surface area contributed by atoms with Crippen LogP contribution < -0.4 is 4.90 Å². The first-order chi connectivity index (χ1) is 11.8. The second-order valence-corrected chi connectivity index (χ2v) is 7.26. The average Bonchev–Trinajstić information content (AvgIpc) is 2.63. The molecule has 124 valence electrons. The van der Waals surface area contributed by atoms with Gasteiger partial charge in [-0.25, -0.2) is 0 Å². The maximum Gasteiger partial charge on any atom is 0.0553 e. The highest BCUT2D eigenvalue weighted by molar-refractivity contribution is 7.99. The van der Waals surface area contributed by atoms with Crippen molar-refractivity contribution in [2.75, 3.05) is 11.4 Å². The van der Waals surface area contributed by atoms with Gasteiger partial charge in [0.2, 0.25) is 0 Å². The van der Waals surface area contributed by atoms with E-state index in [9.17, 15) is 0 Å². The minimum atomic E-state index is 1.07. The molecule has 0 N–H and O–H groups in total. The van der Waals surface area contributed by atoms with Gasteiger partial charge in [0.1, 0.15) is 0 Å². The van der Waals surface area contributed by atoms with Crippen molar-refractivity contribution in [3.8, 4) is 0 Å². The zero-order valence-corrected chi connectivity index (χ0v) is 15.2. The molecule has 2 heteroatoms. The zero-order valence-electron chi connectivity index (χ0n) is 14.4. The van der Waals surface area contributed by atoms with Crippen molar-refractivity contribution in [3.05, 3.63) is 60.7 Å². The van der Waals surface area contributed by atoms with E-state index in [0.29, 0.717) is 0 Å². The predicted octanol–water partition coefficient (Wildman–Crippen LogP) is 7.16. The first kappa shape index (κ1) is 16.9. The van der Waals surface area contributed by atoms with Crippen molar-refractivity contribution in [1.29, 1.82) is 0 Å². The van der Waals surface area contributed by atoms with E-state index in [1.54, 1.807) is 0 Å². The van der Waals surface area contributed by atoms with E-state index in [1.807, 2.05) is 23.9 Å². The lowest BCUT2D eigenvalue weighted by atomic mass is 10.1. The molecule has 0 unspecified atom stereocenters. The summed E-state index contributed by atoms with van der Waals surface area (Å²) in [5, 5.41) is 0. The quantitative estimate of drug-likeness (QED) is 0.494. The molecule has 0 saturated heterocycles. The summed E-state index contributed by atoms with van der Waals surface area (Å²) in [5.74, 6) is 0. The van der Waals surface area contributed by atoms with Gasteiger partial charge in [-0.3, -0.25) is 0 Å². The van der Waals surface area contributed by atoms with Gasteiger partial charge in [0, 0.05) is 16.3 Å². The summed E-state index contributed by atoms with van der Waals surface area (Å²) in [6.07, 6.45) is 8.94. The first-order valence-electron chi connectivity index (χ1n) is 8.75. The van der Waals surface area contributed by atoms with Crippen molar-refractivity contribution in [3.63, 3.8) is 0 Å². The lowest BCUT2D eigenvalue weighted by Crippen LogP contribution is -2.22. The molecule has 1 aliphatic rings. The highest BCUT2D eigenvalue weighted by atomic mass is 32.2. The normalized spacial score (nSPS) is 12.5. The topological polar surface area (TPSA) is 3.24 Å². The molecule has 2 aromatic rings. The van der Waals surface area contributed by atoms with Gasteiger partial charge in [-0.05, 0) is 41.8 Å². The number of nitrogens with zero attached hydrogens (tertiary/aromatic N) is 1. The molecule has 0 atom stereocenters. The molecule has 0 saturated carbocycles. The number of benzene rings is 2. The molecule has 0 bridgehead atoms. The highest BCUT2D eigenvalue weighted by Crippen LogP contribution is 2.48. The molecule has 3 rings (SSSR count). The van der Waals surface area contributed by atoms with Crippen molar-refractivity contribution < 1.29 is 0 Å². The van der Waals surface area contributed by atoms with Gasteiger partial charge in [0.05, 0.1) is 11.4 Å². The van der Waals surface area contributed by atoms with Gasteiger partial charge < -0.3 is 4.90 Å². The lowest BCUT2D eigenvalue weighted by Gasteiger charge is -2.33. The third kappa shape index (κ3) is 3.44. The second kappa shape index (κ2) is 7.76. The third-order valence-corrected chi connectivity index (χ3v) is 5.57. The number of fused-ring (bicyclic) bond motifs is 2. The number of hydrogen-bond donors (Lipinski definition) is 0. The Morgan fingerprint density at radius 3 is 1.96 bits per heavy atom. The molecule has 24 heavy (non-hydrogen) atoms. The van der Waals surface area contributed by atoms with E-state index in [2.05, 4.69) is 61.4 Å². The summed E-state index contributed by atoms with van der Waals surface area (Å²) in [6, 6.07) is 13.3. The maximum absolute atomic E-state index is 3.90. The number of anilines is 2. The zero-order chi connectivity index (χ0) is 16.9. The predicted molar refractivity (Wildman–Crippen MR) is 108 cm³/mol. The SMILES string of the molecule is C=Cc1ccc2c(c1)Sc1cc(C=C)ccc1N2CCCCCC. The highest BCUT2D eigenvalue weighted by Gasteiger charge is 2.23. The largest absolute Gasteiger partial charge is 0.340 e. The van der Waals surface area contributed by atoms with Crippen LogP contribution in [0.4, 0.5) is 11.4 Å². The molecule has 1 nitrogen and oxygen atoms in total. The number of hydrogen-bond acceptors (Lipinski definition) is 2. The summed E-state index contributed by atoms with van der Waals surface area (Å²) in [7, 11) is 0. The Balaban J connectivity index is 1.97. The van der Waals surface area contributed by atoms with Crippen LogP contribution in [-0.2, 0) is 0 Å². The van der Waals surface area contributed by atoms with Crippen molar-refractivity contribution in [2.24, 2.45) is 0 Å². The Labute approximate surface area is 150 Å². The third-order valence-electron chi connectivity index (χ3n) is 4.48. The molecule has 0 amide bonds. The minimum absolute atomic E-state index is 1.07. The van der Waals surface area contributed by atoms with Crippen LogP contribution in [0.5, 0.6) is 0 Å².